The zero-order valence-corrected chi connectivity index (χ0v) is 13.0. The maximum absolute atomic E-state index is 10.5. The van der Waals surface area contributed by atoms with Gasteiger partial charge in [0.2, 0.25) is 0 Å². The van der Waals surface area contributed by atoms with E-state index in [2.05, 4.69) is 38.2 Å². The standard InChI is InChI=1S/C17H25NO3/c1-17(2,3)12-5-6-13-11(10-12)4-7-14(16(13)21)18-9-8-15(19)20/h5-6,10,14,16,18,21H,4,7-9H2,1-3H3,(H,19,20). The molecule has 0 spiro atoms. The maximum Gasteiger partial charge on any atom is 0.304 e. The van der Waals surface area contributed by atoms with E-state index < -0.39 is 12.1 Å². The first-order chi connectivity index (χ1) is 9.79. The number of aliphatic carboxylic acids is 1. The molecule has 0 aromatic heterocycles. The number of aliphatic hydroxyl groups is 1. The molecule has 4 nitrogen and oxygen atoms in total. The highest BCUT2D eigenvalue weighted by Crippen LogP contribution is 2.33. The van der Waals surface area contributed by atoms with Crippen LogP contribution in [0.3, 0.4) is 0 Å². The van der Waals surface area contributed by atoms with E-state index in [4.69, 9.17) is 5.11 Å². The Morgan fingerprint density at radius 1 is 1.38 bits per heavy atom. The Balaban J connectivity index is 2.09. The van der Waals surface area contributed by atoms with Gasteiger partial charge in [-0.05, 0) is 34.9 Å². The van der Waals surface area contributed by atoms with Crippen molar-refractivity contribution < 1.29 is 15.0 Å². The van der Waals surface area contributed by atoms with Crippen LogP contribution in [-0.4, -0.2) is 28.8 Å². The third-order valence-corrected chi connectivity index (χ3v) is 4.18. The molecule has 4 heteroatoms. The summed E-state index contributed by atoms with van der Waals surface area (Å²) in [6, 6.07) is 6.25. The molecule has 3 N–H and O–H groups in total. The minimum Gasteiger partial charge on any atom is -0.481 e. The number of carboxylic acids is 1. The van der Waals surface area contributed by atoms with Gasteiger partial charge in [-0.1, -0.05) is 39.0 Å². The van der Waals surface area contributed by atoms with E-state index in [0.717, 1.165) is 18.4 Å². The fourth-order valence-corrected chi connectivity index (χ4v) is 2.84. The summed E-state index contributed by atoms with van der Waals surface area (Å²) in [5.41, 5.74) is 3.58. The lowest BCUT2D eigenvalue weighted by Gasteiger charge is -2.32. The van der Waals surface area contributed by atoms with E-state index in [1.807, 2.05) is 6.07 Å². The Morgan fingerprint density at radius 2 is 2.10 bits per heavy atom. The zero-order chi connectivity index (χ0) is 15.6. The molecule has 1 aromatic rings. The molecule has 0 heterocycles. The smallest absolute Gasteiger partial charge is 0.304 e. The van der Waals surface area contributed by atoms with Crippen LogP contribution in [0.4, 0.5) is 0 Å². The highest BCUT2D eigenvalue weighted by molar-refractivity contribution is 5.66. The Morgan fingerprint density at radius 3 is 2.71 bits per heavy atom. The van der Waals surface area contributed by atoms with Crippen LogP contribution in [-0.2, 0) is 16.6 Å². The van der Waals surface area contributed by atoms with Gasteiger partial charge in [-0.3, -0.25) is 4.79 Å². The molecule has 0 saturated carbocycles. The SMILES string of the molecule is CC(C)(C)c1ccc2c(c1)CCC(NCCC(=O)O)C2O. The number of aliphatic hydroxyl groups excluding tert-OH is 1. The molecule has 0 saturated heterocycles. The Labute approximate surface area is 126 Å². The maximum atomic E-state index is 10.5. The summed E-state index contributed by atoms with van der Waals surface area (Å²) in [5.74, 6) is -0.817. The van der Waals surface area contributed by atoms with Gasteiger partial charge in [0.1, 0.15) is 0 Å². The van der Waals surface area contributed by atoms with E-state index >= 15 is 0 Å². The molecular formula is C17H25NO3. The monoisotopic (exact) mass is 291 g/mol. The molecule has 1 aromatic carbocycles. The largest absolute Gasteiger partial charge is 0.481 e. The molecule has 0 amide bonds. The molecule has 0 aliphatic heterocycles. The summed E-state index contributed by atoms with van der Waals surface area (Å²) >= 11 is 0. The number of carboxylic acid groups (broad SMARTS) is 1. The fourth-order valence-electron chi connectivity index (χ4n) is 2.84. The summed E-state index contributed by atoms with van der Waals surface area (Å²) in [4.78, 5) is 10.5. The molecule has 1 aliphatic rings. The van der Waals surface area contributed by atoms with Crippen molar-refractivity contribution in [3.63, 3.8) is 0 Å². The molecule has 0 radical (unpaired) electrons. The highest BCUT2D eigenvalue weighted by Gasteiger charge is 2.28. The Kier molecular flexibility index (Phi) is 4.69. The molecule has 2 rings (SSSR count). The van der Waals surface area contributed by atoms with Crippen molar-refractivity contribution in [2.45, 2.75) is 57.6 Å². The third-order valence-electron chi connectivity index (χ3n) is 4.18. The normalized spacial score (nSPS) is 21.9. The van der Waals surface area contributed by atoms with Crippen LogP contribution in [0.15, 0.2) is 18.2 Å². The molecule has 2 unspecified atom stereocenters. The van der Waals surface area contributed by atoms with Gasteiger partial charge in [0.25, 0.3) is 0 Å². The van der Waals surface area contributed by atoms with Crippen molar-refractivity contribution in [3.05, 3.63) is 34.9 Å². The van der Waals surface area contributed by atoms with Crippen molar-refractivity contribution in [2.24, 2.45) is 0 Å². The fraction of sp³-hybridized carbons (Fsp3) is 0.588. The number of carbonyl (C=O) groups is 1. The van der Waals surface area contributed by atoms with Crippen LogP contribution in [0, 0.1) is 0 Å². The van der Waals surface area contributed by atoms with Crippen LogP contribution in [0.1, 0.15) is 56.4 Å². The van der Waals surface area contributed by atoms with Crippen LogP contribution >= 0.6 is 0 Å². The quantitative estimate of drug-likeness (QED) is 0.796. The average Bonchev–Trinajstić information content (AvgIpc) is 2.39. The second kappa shape index (κ2) is 6.16. The molecule has 1 aliphatic carbocycles. The lowest BCUT2D eigenvalue weighted by Crippen LogP contribution is -2.39. The number of rotatable bonds is 4. The summed E-state index contributed by atoms with van der Waals surface area (Å²) in [6.45, 7) is 6.95. The van der Waals surface area contributed by atoms with Gasteiger partial charge in [0, 0.05) is 12.6 Å². The minimum atomic E-state index is -0.817. The lowest BCUT2D eigenvalue weighted by atomic mass is 9.80. The van der Waals surface area contributed by atoms with E-state index in [1.165, 1.54) is 11.1 Å². The lowest BCUT2D eigenvalue weighted by molar-refractivity contribution is -0.136. The van der Waals surface area contributed by atoms with Crippen molar-refractivity contribution in [1.29, 1.82) is 0 Å². The number of aryl methyl sites for hydroxylation is 1. The van der Waals surface area contributed by atoms with Crippen molar-refractivity contribution in [2.75, 3.05) is 6.54 Å². The summed E-state index contributed by atoms with van der Waals surface area (Å²) < 4.78 is 0. The van der Waals surface area contributed by atoms with Crippen LogP contribution in [0.5, 0.6) is 0 Å². The first-order valence-corrected chi connectivity index (χ1v) is 7.55. The second-order valence-corrected chi connectivity index (χ2v) is 6.85. The van der Waals surface area contributed by atoms with Gasteiger partial charge < -0.3 is 15.5 Å². The highest BCUT2D eigenvalue weighted by atomic mass is 16.4. The second-order valence-electron chi connectivity index (χ2n) is 6.85. The molecular weight excluding hydrogens is 266 g/mol. The van der Waals surface area contributed by atoms with Gasteiger partial charge >= 0.3 is 5.97 Å². The average molecular weight is 291 g/mol. The number of fused-ring (bicyclic) bond motifs is 1. The predicted molar refractivity (Wildman–Crippen MR) is 82.5 cm³/mol. The first kappa shape index (κ1) is 16.0. The molecule has 0 fully saturated rings. The molecule has 0 bridgehead atoms. The van der Waals surface area contributed by atoms with Crippen molar-refractivity contribution >= 4 is 5.97 Å². The number of hydrogen-bond acceptors (Lipinski definition) is 3. The van der Waals surface area contributed by atoms with Gasteiger partial charge in [-0.15, -0.1) is 0 Å². The van der Waals surface area contributed by atoms with E-state index in [1.54, 1.807) is 0 Å². The molecule has 2 atom stereocenters. The van der Waals surface area contributed by atoms with Crippen LogP contribution in [0.25, 0.3) is 0 Å². The van der Waals surface area contributed by atoms with Gasteiger partial charge in [-0.25, -0.2) is 0 Å². The summed E-state index contributed by atoms with van der Waals surface area (Å²) in [5, 5.41) is 22.3. The van der Waals surface area contributed by atoms with Crippen LogP contribution < -0.4 is 5.32 Å². The number of nitrogens with one attached hydrogen (secondary N) is 1. The third kappa shape index (κ3) is 3.83. The first-order valence-electron chi connectivity index (χ1n) is 7.55. The van der Waals surface area contributed by atoms with Gasteiger partial charge in [0.15, 0.2) is 0 Å². The number of hydrogen-bond donors (Lipinski definition) is 3. The topological polar surface area (TPSA) is 69.6 Å². The van der Waals surface area contributed by atoms with Crippen molar-refractivity contribution in [3.8, 4) is 0 Å². The predicted octanol–water partition coefficient (Wildman–Crippen LogP) is 2.40. The van der Waals surface area contributed by atoms with Crippen LogP contribution in [0.2, 0.25) is 0 Å². The van der Waals surface area contributed by atoms with E-state index in [-0.39, 0.29) is 17.9 Å². The summed E-state index contributed by atoms with van der Waals surface area (Å²) in [7, 11) is 0. The minimum absolute atomic E-state index is 0.0580. The number of benzene rings is 1. The van der Waals surface area contributed by atoms with E-state index in [0.29, 0.717) is 6.54 Å². The Bertz CT molecular complexity index is 519. The van der Waals surface area contributed by atoms with E-state index in [9.17, 15) is 9.90 Å². The van der Waals surface area contributed by atoms with Gasteiger partial charge in [0.05, 0.1) is 12.5 Å². The van der Waals surface area contributed by atoms with Crippen molar-refractivity contribution in [1.82, 2.24) is 5.32 Å². The molecule has 21 heavy (non-hydrogen) atoms. The van der Waals surface area contributed by atoms with Gasteiger partial charge in [-0.2, -0.15) is 0 Å². The Hall–Kier alpha value is -1.39. The zero-order valence-electron chi connectivity index (χ0n) is 13.0. The molecule has 116 valence electrons. The summed E-state index contributed by atoms with van der Waals surface area (Å²) in [6.07, 6.45) is 1.28.